The number of carbonyl (C=O) groups excluding carboxylic acids is 1. The Morgan fingerprint density at radius 2 is 2.17 bits per heavy atom. The highest BCUT2D eigenvalue weighted by atomic mass is 79.9. The van der Waals surface area contributed by atoms with Crippen LogP contribution in [0, 0.1) is 13.8 Å². The molecule has 96 valence electrons. The summed E-state index contributed by atoms with van der Waals surface area (Å²) in [6.45, 7) is 3.84. The highest BCUT2D eigenvalue weighted by Gasteiger charge is 2.19. The molecule has 5 heteroatoms. The SMILES string of the molecule is COC(=O)Cc1c(Br)oc2cc(C)c(Cl)c(C)c12. The molecule has 0 bridgehead atoms. The maximum Gasteiger partial charge on any atom is 0.310 e. The molecule has 0 saturated carbocycles. The first-order valence-corrected chi connectivity index (χ1v) is 6.56. The molecule has 0 unspecified atom stereocenters. The number of methoxy groups -OCH3 is 1. The van der Waals surface area contributed by atoms with Crippen molar-refractivity contribution in [3.63, 3.8) is 0 Å². The van der Waals surface area contributed by atoms with Gasteiger partial charge in [-0.05, 0) is 47.0 Å². The molecule has 0 fully saturated rings. The van der Waals surface area contributed by atoms with E-state index in [0.717, 1.165) is 27.7 Å². The van der Waals surface area contributed by atoms with Crippen molar-refractivity contribution in [2.75, 3.05) is 7.11 Å². The lowest BCUT2D eigenvalue weighted by Crippen LogP contribution is -2.04. The van der Waals surface area contributed by atoms with Gasteiger partial charge in [0.25, 0.3) is 0 Å². The Morgan fingerprint density at radius 3 is 2.78 bits per heavy atom. The molecule has 18 heavy (non-hydrogen) atoms. The minimum Gasteiger partial charge on any atom is -0.469 e. The van der Waals surface area contributed by atoms with Gasteiger partial charge in [0.2, 0.25) is 0 Å². The van der Waals surface area contributed by atoms with Gasteiger partial charge in [0.1, 0.15) is 5.58 Å². The van der Waals surface area contributed by atoms with Crippen molar-refractivity contribution < 1.29 is 13.9 Å². The van der Waals surface area contributed by atoms with Gasteiger partial charge in [0.15, 0.2) is 4.67 Å². The minimum absolute atomic E-state index is 0.157. The van der Waals surface area contributed by atoms with Crippen molar-refractivity contribution in [3.8, 4) is 0 Å². The van der Waals surface area contributed by atoms with Crippen LogP contribution in [0.1, 0.15) is 16.7 Å². The van der Waals surface area contributed by atoms with Gasteiger partial charge < -0.3 is 9.15 Å². The van der Waals surface area contributed by atoms with Crippen LogP contribution in [0.2, 0.25) is 5.02 Å². The Balaban J connectivity index is 2.70. The summed E-state index contributed by atoms with van der Waals surface area (Å²) in [7, 11) is 1.36. The highest BCUT2D eigenvalue weighted by molar-refractivity contribution is 9.10. The molecule has 0 amide bonds. The number of hydrogen-bond donors (Lipinski definition) is 0. The van der Waals surface area contributed by atoms with Crippen molar-refractivity contribution in [2.45, 2.75) is 20.3 Å². The van der Waals surface area contributed by atoms with Crippen molar-refractivity contribution in [1.29, 1.82) is 0 Å². The van der Waals surface area contributed by atoms with Crippen molar-refractivity contribution in [1.82, 2.24) is 0 Å². The maximum absolute atomic E-state index is 11.4. The molecule has 0 radical (unpaired) electrons. The lowest BCUT2D eigenvalue weighted by Gasteiger charge is -2.05. The first-order valence-electron chi connectivity index (χ1n) is 5.39. The number of carbonyl (C=O) groups is 1. The second kappa shape index (κ2) is 4.94. The van der Waals surface area contributed by atoms with Crippen LogP contribution in [0.15, 0.2) is 15.2 Å². The molecular formula is C13H12BrClO3. The van der Waals surface area contributed by atoms with Gasteiger partial charge in [-0.15, -0.1) is 0 Å². The quantitative estimate of drug-likeness (QED) is 0.775. The molecule has 0 atom stereocenters. The smallest absolute Gasteiger partial charge is 0.310 e. The van der Waals surface area contributed by atoms with E-state index in [-0.39, 0.29) is 12.4 Å². The molecule has 1 aromatic heterocycles. The average molecular weight is 332 g/mol. The predicted octanol–water partition coefficient (Wildman–Crippen LogP) is 4.18. The van der Waals surface area contributed by atoms with Crippen molar-refractivity contribution in [3.05, 3.63) is 32.4 Å². The van der Waals surface area contributed by atoms with Gasteiger partial charge in [-0.3, -0.25) is 4.79 Å². The second-order valence-electron chi connectivity index (χ2n) is 4.11. The topological polar surface area (TPSA) is 39.4 Å². The zero-order chi connectivity index (χ0) is 13.4. The van der Waals surface area contributed by atoms with Crippen LogP contribution in [0.25, 0.3) is 11.0 Å². The van der Waals surface area contributed by atoms with Crippen LogP contribution in [0.5, 0.6) is 0 Å². The molecule has 0 spiro atoms. The number of rotatable bonds is 2. The lowest BCUT2D eigenvalue weighted by atomic mass is 10.0. The Hall–Kier alpha value is -1.00. The third-order valence-electron chi connectivity index (χ3n) is 2.93. The first-order chi connectivity index (χ1) is 8.45. The summed E-state index contributed by atoms with van der Waals surface area (Å²) in [5, 5.41) is 1.57. The number of hydrogen-bond acceptors (Lipinski definition) is 3. The molecular weight excluding hydrogens is 319 g/mol. The first kappa shape index (κ1) is 13.4. The van der Waals surface area contributed by atoms with E-state index in [4.69, 9.17) is 16.0 Å². The molecule has 0 aliphatic rings. The van der Waals surface area contributed by atoms with E-state index >= 15 is 0 Å². The lowest BCUT2D eigenvalue weighted by molar-refractivity contribution is -0.139. The monoisotopic (exact) mass is 330 g/mol. The summed E-state index contributed by atoms with van der Waals surface area (Å²) in [6, 6.07) is 1.87. The molecule has 1 heterocycles. The number of fused-ring (bicyclic) bond motifs is 1. The van der Waals surface area contributed by atoms with Crippen molar-refractivity contribution >= 4 is 44.5 Å². The van der Waals surface area contributed by atoms with E-state index in [1.54, 1.807) is 0 Å². The fraction of sp³-hybridized carbons (Fsp3) is 0.308. The van der Waals surface area contributed by atoms with Gasteiger partial charge in [0, 0.05) is 16.0 Å². The molecule has 3 nitrogen and oxygen atoms in total. The molecule has 0 N–H and O–H groups in total. The van der Waals surface area contributed by atoms with Gasteiger partial charge >= 0.3 is 5.97 Å². The Kier molecular flexibility index (Phi) is 3.69. The Labute approximate surface area is 118 Å². The number of esters is 1. The molecule has 2 aromatic rings. The third kappa shape index (κ3) is 2.15. The van der Waals surface area contributed by atoms with Crippen LogP contribution >= 0.6 is 27.5 Å². The van der Waals surface area contributed by atoms with Gasteiger partial charge in [-0.2, -0.15) is 0 Å². The zero-order valence-electron chi connectivity index (χ0n) is 10.3. The van der Waals surface area contributed by atoms with Gasteiger partial charge in [0.05, 0.1) is 13.5 Å². The van der Waals surface area contributed by atoms with E-state index in [1.165, 1.54) is 7.11 Å². The standard InChI is InChI=1S/C13H12BrClO3/c1-6-4-9-11(7(2)12(6)15)8(13(14)18-9)5-10(16)17-3/h4H,5H2,1-3H3. The highest BCUT2D eigenvalue weighted by Crippen LogP contribution is 2.37. The molecule has 0 aliphatic carbocycles. The third-order valence-corrected chi connectivity index (χ3v) is 4.15. The Morgan fingerprint density at radius 1 is 1.50 bits per heavy atom. The molecule has 0 aliphatic heterocycles. The average Bonchev–Trinajstić information content (AvgIpc) is 2.63. The predicted molar refractivity (Wildman–Crippen MR) is 74.1 cm³/mol. The van der Waals surface area contributed by atoms with Crippen LogP contribution in [-0.2, 0) is 16.0 Å². The van der Waals surface area contributed by atoms with Crippen LogP contribution < -0.4 is 0 Å². The zero-order valence-corrected chi connectivity index (χ0v) is 12.6. The fourth-order valence-corrected chi connectivity index (χ4v) is 2.67. The number of halogens is 2. The molecule has 2 rings (SSSR count). The van der Waals surface area contributed by atoms with Crippen LogP contribution in [0.3, 0.4) is 0 Å². The number of ether oxygens (including phenoxy) is 1. The van der Waals surface area contributed by atoms with E-state index < -0.39 is 0 Å². The van der Waals surface area contributed by atoms with Gasteiger partial charge in [-0.25, -0.2) is 0 Å². The molecule has 0 saturated heterocycles. The Bertz CT molecular complexity index is 631. The van der Waals surface area contributed by atoms with E-state index in [9.17, 15) is 4.79 Å². The maximum atomic E-state index is 11.4. The fourth-order valence-electron chi connectivity index (χ4n) is 2.01. The van der Waals surface area contributed by atoms with Crippen molar-refractivity contribution in [2.24, 2.45) is 0 Å². The summed E-state index contributed by atoms with van der Waals surface area (Å²) in [6.07, 6.45) is 0.157. The minimum atomic E-state index is -0.311. The number of furan rings is 1. The van der Waals surface area contributed by atoms with E-state index in [0.29, 0.717) is 9.69 Å². The number of aryl methyl sites for hydroxylation is 2. The summed E-state index contributed by atoms with van der Waals surface area (Å²) in [5.41, 5.74) is 3.36. The van der Waals surface area contributed by atoms with Crippen LogP contribution in [0.4, 0.5) is 0 Å². The second-order valence-corrected chi connectivity index (χ2v) is 5.21. The molecule has 1 aromatic carbocycles. The summed E-state index contributed by atoms with van der Waals surface area (Å²) in [5.74, 6) is -0.311. The summed E-state index contributed by atoms with van der Waals surface area (Å²) < 4.78 is 10.8. The van der Waals surface area contributed by atoms with E-state index in [2.05, 4.69) is 20.7 Å². The van der Waals surface area contributed by atoms with Gasteiger partial charge in [-0.1, -0.05) is 11.6 Å². The van der Waals surface area contributed by atoms with E-state index in [1.807, 2.05) is 19.9 Å². The normalized spacial score (nSPS) is 10.9. The summed E-state index contributed by atoms with van der Waals surface area (Å²) in [4.78, 5) is 11.4. The van der Waals surface area contributed by atoms with Crippen LogP contribution in [-0.4, -0.2) is 13.1 Å². The number of benzene rings is 1. The summed E-state index contributed by atoms with van der Waals surface area (Å²) >= 11 is 9.57. The largest absolute Gasteiger partial charge is 0.469 e.